The van der Waals surface area contributed by atoms with Crippen molar-refractivity contribution in [3.05, 3.63) is 77.9 Å². The highest BCUT2D eigenvalue weighted by atomic mass is 16.5. The molecule has 148 valence electrons. The number of unbranched alkanes of at least 4 members (excludes halogenated alkanes) is 1. The van der Waals surface area contributed by atoms with Gasteiger partial charge < -0.3 is 15.5 Å². The van der Waals surface area contributed by atoms with Crippen molar-refractivity contribution in [3.63, 3.8) is 0 Å². The minimum absolute atomic E-state index is 0.728. The van der Waals surface area contributed by atoms with E-state index in [4.69, 9.17) is 10.5 Å². The number of nitrogens with one attached hydrogen (secondary N) is 1. The number of hydrogen-bond donors (Lipinski definition) is 2. The normalized spacial score (nSPS) is 11.1. The third-order valence-electron chi connectivity index (χ3n) is 5.58. The molecular weight excluding hydrogens is 356 g/mol. The summed E-state index contributed by atoms with van der Waals surface area (Å²) in [6.07, 6.45) is 3.11. The first-order valence-electron chi connectivity index (χ1n) is 10.3. The van der Waals surface area contributed by atoms with Crippen LogP contribution in [0.3, 0.4) is 0 Å². The molecule has 1 heterocycles. The highest BCUT2D eigenvalue weighted by molar-refractivity contribution is 5.94. The van der Waals surface area contributed by atoms with Crippen LogP contribution in [0.5, 0.6) is 5.75 Å². The SMILES string of the molecule is COc1cc(C)c2[nH]c(-c3ccc(-c4ccccc4)cc3)c(CCCCN)c2c1. The Morgan fingerprint density at radius 3 is 2.24 bits per heavy atom. The molecule has 3 nitrogen and oxygen atoms in total. The molecule has 0 atom stereocenters. The van der Waals surface area contributed by atoms with Gasteiger partial charge in [-0.25, -0.2) is 0 Å². The van der Waals surface area contributed by atoms with E-state index in [9.17, 15) is 0 Å². The highest BCUT2D eigenvalue weighted by Crippen LogP contribution is 2.36. The van der Waals surface area contributed by atoms with Crippen LogP contribution in [-0.4, -0.2) is 18.6 Å². The van der Waals surface area contributed by atoms with Crippen LogP contribution in [0.15, 0.2) is 66.7 Å². The number of methoxy groups -OCH3 is 1. The van der Waals surface area contributed by atoms with Crippen LogP contribution in [0.1, 0.15) is 24.0 Å². The fourth-order valence-electron chi connectivity index (χ4n) is 4.02. The van der Waals surface area contributed by atoms with Gasteiger partial charge in [-0.2, -0.15) is 0 Å². The van der Waals surface area contributed by atoms with Gasteiger partial charge in [0, 0.05) is 16.6 Å². The van der Waals surface area contributed by atoms with Gasteiger partial charge >= 0.3 is 0 Å². The van der Waals surface area contributed by atoms with Gasteiger partial charge in [0.2, 0.25) is 0 Å². The van der Waals surface area contributed by atoms with Crippen LogP contribution >= 0.6 is 0 Å². The number of aromatic nitrogens is 1. The molecule has 1 aromatic heterocycles. The van der Waals surface area contributed by atoms with Crippen LogP contribution in [0.25, 0.3) is 33.3 Å². The molecule has 0 amide bonds. The van der Waals surface area contributed by atoms with Gasteiger partial charge in [-0.15, -0.1) is 0 Å². The fourth-order valence-corrected chi connectivity index (χ4v) is 4.02. The fraction of sp³-hybridized carbons (Fsp3) is 0.231. The average molecular weight is 385 g/mol. The van der Waals surface area contributed by atoms with E-state index < -0.39 is 0 Å². The van der Waals surface area contributed by atoms with E-state index in [0.29, 0.717) is 0 Å². The minimum atomic E-state index is 0.728. The third kappa shape index (κ3) is 3.92. The quantitative estimate of drug-likeness (QED) is 0.378. The van der Waals surface area contributed by atoms with Gasteiger partial charge in [0.25, 0.3) is 0 Å². The molecule has 4 aromatic rings. The number of benzene rings is 3. The lowest BCUT2D eigenvalue weighted by atomic mass is 9.97. The zero-order chi connectivity index (χ0) is 20.2. The lowest BCUT2D eigenvalue weighted by Crippen LogP contribution is -1.99. The average Bonchev–Trinajstić information content (AvgIpc) is 3.14. The van der Waals surface area contributed by atoms with Gasteiger partial charge in [-0.1, -0.05) is 54.6 Å². The van der Waals surface area contributed by atoms with Crippen molar-refractivity contribution in [2.45, 2.75) is 26.2 Å². The number of hydrogen-bond acceptors (Lipinski definition) is 2. The van der Waals surface area contributed by atoms with Gasteiger partial charge in [0.1, 0.15) is 5.75 Å². The summed E-state index contributed by atoms with van der Waals surface area (Å²) < 4.78 is 5.53. The summed E-state index contributed by atoms with van der Waals surface area (Å²) >= 11 is 0. The standard InChI is InChI=1S/C26H28N2O/c1-18-16-22(29-2)17-24-23(10-6-7-15-27)26(28-25(18)24)21-13-11-20(12-14-21)19-8-4-3-5-9-19/h3-5,8-9,11-14,16-17,28H,6-7,10,15,27H2,1-2H3. The molecule has 0 radical (unpaired) electrons. The van der Waals surface area contributed by atoms with Crippen molar-refractivity contribution in [3.8, 4) is 28.1 Å². The lowest BCUT2D eigenvalue weighted by Gasteiger charge is -2.08. The number of aromatic amines is 1. The van der Waals surface area contributed by atoms with Crippen molar-refractivity contribution in [2.24, 2.45) is 5.73 Å². The molecule has 0 aliphatic rings. The summed E-state index contributed by atoms with van der Waals surface area (Å²) in [5, 5.41) is 1.25. The lowest BCUT2D eigenvalue weighted by molar-refractivity contribution is 0.415. The van der Waals surface area contributed by atoms with Crippen molar-refractivity contribution in [1.29, 1.82) is 0 Å². The Morgan fingerprint density at radius 2 is 1.55 bits per heavy atom. The van der Waals surface area contributed by atoms with Crippen molar-refractivity contribution >= 4 is 10.9 Å². The molecule has 0 fully saturated rings. The van der Waals surface area contributed by atoms with E-state index in [0.717, 1.165) is 31.6 Å². The van der Waals surface area contributed by atoms with E-state index in [1.165, 1.54) is 44.4 Å². The molecule has 0 saturated carbocycles. The Morgan fingerprint density at radius 1 is 0.862 bits per heavy atom. The summed E-state index contributed by atoms with van der Waals surface area (Å²) in [5.41, 5.74) is 14.4. The second kappa shape index (κ2) is 8.54. The largest absolute Gasteiger partial charge is 0.497 e. The van der Waals surface area contributed by atoms with E-state index in [-0.39, 0.29) is 0 Å². The first kappa shape index (κ1) is 19.3. The second-order valence-electron chi connectivity index (χ2n) is 7.53. The topological polar surface area (TPSA) is 51.0 Å². The Labute approximate surface area is 172 Å². The molecule has 0 spiro atoms. The maximum atomic E-state index is 5.74. The number of fused-ring (bicyclic) bond motifs is 1. The zero-order valence-electron chi connectivity index (χ0n) is 17.2. The van der Waals surface area contributed by atoms with Gasteiger partial charge in [-0.05, 0) is 72.7 Å². The molecule has 0 aliphatic heterocycles. The first-order chi connectivity index (χ1) is 14.2. The van der Waals surface area contributed by atoms with E-state index >= 15 is 0 Å². The van der Waals surface area contributed by atoms with Crippen LogP contribution < -0.4 is 10.5 Å². The predicted molar refractivity (Wildman–Crippen MR) is 122 cm³/mol. The molecule has 0 aliphatic carbocycles. The highest BCUT2D eigenvalue weighted by Gasteiger charge is 2.16. The van der Waals surface area contributed by atoms with Crippen molar-refractivity contribution < 1.29 is 4.74 Å². The Bertz CT molecular complexity index is 1100. The van der Waals surface area contributed by atoms with E-state index in [2.05, 4.69) is 72.6 Å². The number of rotatable bonds is 7. The van der Waals surface area contributed by atoms with Crippen molar-refractivity contribution in [2.75, 3.05) is 13.7 Å². The van der Waals surface area contributed by atoms with Crippen LogP contribution in [-0.2, 0) is 6.42 Å². The molecule has 4 rings (SSSR count). The predicted octanol–water partition coefficient (Wildman–Crippen LogP) is 6.10. The molecule has 0 saturated heterocycles. The Balaban J connectivity index is 1.79. The molecule has 3 N–H and O–H groups in total. The monoisotopic (exact) mass is 384 g/mol. The number of aryl methyl sites for hydroxylation is 2. The molecule has 29 heavy (non-hydrogen) atoms. The van der Waals surface area contributed by atoms with Crippen LogP contribution in [0.2, 0.25) is 0 Å². The number of H-pyrrole nitrogens is 1. The molecular formula is C26H28N2O. The second-order valence-corrected chi connectivity index (χ2v) is 7.53. The smallest absolute Gasteiger partial charge is 0.119 e. The van der Waals surface area contributed by atoms with Crippen molar-refractivity contribution in [1.82, 2.24) is 4.98 Å². The summed E-state index contributed by atoms with van der Waals surface area (Å²) in [6.45, 7) is 2.86. The van der Waals surface area contributed by atoms with Crippen LogP contribution in [0, 0.1) is 6.92 Å². The minimum Gasteiger partial charge on any atom is -0.497 e. The summed E-state index contributed by atoms with van der Waals surface area (Å²) in [6, 6.07) is 23.6. The summed E-state index contributed by atoms with van der Waals surface area (Å²) in [4.78, 5) is 3.70. The number of ether oxygens (including phenoxy) is 1. The Hall–Kier alpha value is -3.04. The Kier molecular flexibility index (Phi) is 5.68. The number of nitrogens with two attached hydrogens (primary N) is 1. The third-order valence-corrected chi connectivity index (χ3v) is 5.58. The zero-order valence-corrected chi connectivity index (χ0v) is 17.2. The first-order valence-corrected chi connectivity index (χ1v) is 10.3. The maximum Gasteiger partial charge on any atom is 0.119 e. The van der Waals surface area contributed by atoms with Crippen LogP contribution in [0.4, 0.5) is 0 Å². The molecule has 3 heteroatoms. The van der Waals surface area contributed by atoms with Gasteiger partial charge in [0.05, 0.1) is 7.11 Å². The molecule has 0 unspecified atom stereocenters. The van der Waals surface area contributed by atoms with Gasteiger partial charge in [-0.3, -0.25) is 0 Å². The maximum absolute atomic E-state index is 5.74. The summed E-state index contributed by atoms with van der Waals surface area (Å²) in [7, 11) is 1.73. The van der Waals surface area contributed by atoms with E-state index in [1.54, 1.807) is 7.11 Å². The summed E-state index contributed by atoms with van der Waals surface area (Å²) in [5.74, 6) is 0.903. The molecule has 0 bridgehead atoms. The van der Waals surface area contributed by atoms with E-state index in [1.807, 2.05) is 6.07 Å². The van der Waals surface area contributed by atoms with Gasteiger partial charge in [0.15, 0.2) is 0 Å². The molecule has 3 aromatic carbocycles.